The molecule has 0 radical (unpaired) electrons. The molecule has 30 heavy (non-hydrogen) atoms. The maximum absolute atomic E-state index is 15.2. The fraction of sp³-hybridized carbons (Fsp3) is 0.412. The Bertz CT molecular complexity index is 1150. The number of aromatic amines is 1. The van der Waals surface area contributed by atoms with E-state index in [-0.39, 0.29) is 11.6 Å². The maximum Gasteiger partial charge on any atom is 0.530 e. The van der Waals surface area contributed by atoms with Gasteiger partial charge >= 0.3 is 13.5 Å². The van der Waals surface area contributed by atoms with Gasteiger partial charge in [0, 0.05) is 18.2 Å². The van der Waals surface area contributed by atoms with Crippen LogP contribution in [0.3, 0.4) is 0 Å². The van der Waals surface area contributed by atoms with E-state index in [2.05, 4.69) is 0 Å². The number of para-hydroxylation sites is 1. The van der Waals surface area contributed by atoms with E-state index in [9.17, 15) is 19.3 Å². The molecule has 1 aromatic carbocycles. The van der Waals surface area contributed by atoms with Gasteiger partial charge in [-0.25, -0.2) is 13.8 Å². The van der Waals surface area contributed by atoms with Crippen molar-refractivity contribution in [3.8, 4) is 5.75 Å². The average molecular weight is 463 g/mol. The zero-order valence-corrected chi connectivity index (χ0v) is 17.2. The summed E-state index contributed by atoms with van der Waals surface area (Å²) in [7, 11) is -4.14. The first-order chi connectivity index (χ1) is 14.1. The Morgan fingerprint density at radius 3 is 3.00 bits per heavy atom. The number of aliphatic hydroxyl groups is 1. The molecule has 13 heteroatoms. The Balaban J connectivity index is 1.49. The molecule has 1 unspecified atom stereocenters. The molecule has 0 bridgehead atoms. The summed E-state index contributed by atoms with van der Waals surface area (Å²) in [5.41, 5.74) is -0.406. The summed E-state index contributed by atoms with van der Waals surface area (Å²) in [6.07, 6.45) is -2.64. The van der Waals surface area contributed by atoms with Crippen LogP contribution >= 0.6 is 19.4 Å². The lowest BCUT2D eigenvalue weighted by Crippen LogP contribution is -2.36. The van der Waals surface area contributed by atoms with Crippen molar-refractivity contribution in [1.82, 2.24) is 9.55 Å². The average Bonchev–Trinajstić information content (AvgIpc) is 2.99. The molecule has 1 aromatic heterocycles. The summed E-state index contributed by atoms with van der Waals surface area (Å²) in [6.45, 7) is 0.801. The second-order valence-electron chi connectivity index (χ2n) is 6.96. The van der Waals surface area contributed by atoms with Crippen molar-refractivity contribution < 1.29 is 32.4 Å². The monoisotopic (exact) mass is 462 g/mol. The minimum atomic E-state index is -4.14. The molecule has 10 nitrogen and oxygen atoms in total. The molecule has 0 spiro atoms. The van der Waals surface area contributed by atoms with Crippen LogP contribution < -0.4 is 15.8 Å². The molecule has 2 aromatic rings. The van der Waals surface area contributed by atoms with Crippen molar-refractivity contribution in [3.63, 3.8) is 0 Å². The fourth-order valence-corrected chi connectivity index (χ4v) is 4.69. The third kappa shape index (κ3) is 3.96. The number of ether oxygens (including phenoxy) is 1. The Morgan fingerprint density at radius 1 is 1.47 bits per heavy atom. The molecule has 2 aliphatic rings. The molecule has 0 amide bonds. The van der Waals surface area contributed by atoms with E-state index < -0.39 is 50.3 Å². The van der Waals surface area contributed by atoms with Crippen LogP contribution in [-0.2, 0) is 25.0 Å². The first-order valence-corrected chi connectivity index (χ1v) is 10.7. The molecule has 162 valence electrons. The number of rotatable bonds is 4. The number of phosphoric ester groups is 1. The summed E-state index contributed by atoms with van der Waals surface area (Å²) in [5.74, 6) is -2.28. The number of aliphatic hydroxyl groups excluding tert-OH is 1. The standard InChI is InChI=1S/C17H17ClFN2O8P/c1-9-3-2-4-10-7-26-30(25,29-13(9)10)27-8-17(19)5-12(22)15(28-17)21-6-11(18)14(23)20-16(21)24/h2-4,6,12,15,22H,5,7-8H2,1H3,(H,20,23,24)/t12-,15-,17+,30?/m1/s1. The smallest absolute Gasteiger partial charge is 0.403 e. The number of benzene rings is 1. The highest BCUT2D eigenvalue weighted by Gasteiger charge is 2.50. The van der Waals surface area contributed by atoms with Gasteiger partial charge in [0.25, 0.3) is 5.56 Å². The quantitative estimate of drug-likeness (QED) is 0.661. The lowest BCUT2D eigenvalue weighted by molar-refractivity contribution is -0.179. The number of hydrogen-bond donors (Lipinski definition) is 2. The Morgan fingerprint density at radius 2 is 2.23 bits per heavy atom. The second-order valence-corrected chi connectivity index (χ2v) is 8.96. The second kappa shape index (κ2) is 7.60. The van der Waals surface area contributed by atoms with Crippen LogP contribution in [0.25, 0.3) is 0 Å². The lowest BCUT2D eigenvalue weighted by Gasteiger charge is -2.28. The molecular weight excluding hydrogens is 446 g/mol. The van der Waals surface area contributed by atoms with Gasteiger partial charge in [0.15, 0.2) is 6.23 Å². The molecule has 1 fully saturated rings. The van der Waals surface area contributed by atoms with E-state index in [0.717, 1.165) is 10.8 Å². The molecular formula is C17H17ClFN2O8P. The number of alkyl halides is 1. The van der Waals surface area contributed by atoms with Gasteiger partial charge in [-0.15, -0.1) is 0 Å². The number of hydrogen-bond acceptors (Lipinski definition) is 8. The zero-order valence-electron chi connectivity index (χ0n) is 15.5. The first kappa shape index (κ1) is 21.2. The summed E-state index contributed by atoms with van der Waals surface area (Å²) in [6, 6.07) is 5.27. The first-order valence-electron chi connectivity index (χ1n) is 8.82. The SMILES string of the molecule is Cc1cccc2c1OP(=O)(OC[C@]1(F)C[C@@H](O)[C@H](n3cc(Cl)c(=O)[nH]c3=O)O1)OC2. The van der Waals surface area contributed by atoms with E-state index in [1.54, 1.807) is 25.1 Å². The molecule has 1 saturated heterocycles. The van der Waals surface area contributed by atoms with Crippen molar-refractivity contribution in [2.75, 3.05) is 6.61 Å². The highest BCUT2D eigenvalue weighted by atomic mass is 35.5. The molecule has 2 aliphatic heterocycles. The number of nitrogens with one attached hydrogen (secondary N) is 1. The van der Waals surface area contributed by atoms with Crippen LogP contribution in [0.4, 0.5) is 4.39 Å². The van der Waals surface area contributed by atoms with E-state index in [4.69, 9.17) is 29.9 Å². The van der Waals surface area contributed by atoms with Crippen molar-refractivity contribution >= 4 is 19.4 Å². The third-order valence-electron chi connectivity index (χ3n) is 4.69. The Hall–Kier alpha value is -2.01. The van der Waals surface area contributed by atoms with E-state index in [1.165, 1.54) is 0 Å². The van der Waals surface area contributed by atoms with Gasteiger partial charge in [0.05, 0.1) is 6.61 Å². The highest BCUT2D eigenvalue weighted by Crippen LogP contribution is 2.56. The van der Waals surface area contributed by atoms with Crippen molar-refractivity contribution in [2.24, 2.45) is 0 Å². The summed E-state index contributed by atoms with van der Waals surface area (Å²) in [5, 5.41) is 9.84. The van der Waals surface area contributed by atoms with Crippen molar-refractivity contribution in [1.29, 1.82) is 0 Å². The van der Waals surface area contributed by atoms with E-state index >= 15 is 4.39 Å². The molecule has 2 N–H and O–H groups in total. The highest BCUT2D eigenvalue weighted by molar-refractivity contribution is 7.49. The van der Waals surface area contributed by atoms with Gasteiger partial charge in [0.1, 0.15) is 23.5 Å². The van der Waals surface area contributed by atoms with Gasteiger partial charge in [-0.3, -0.25) is 23.4 Å². The molecule has 4 rings (SSSR count). The van der Waals surface area contributed by atoms with E-state index in [0.29, 0.717) is 16.9 Å². The van der Waals surface area contributed by atoms with Gasteiger partial charge in [0.2, 0.25) is 5.85 Å². The van der Waals surface area contributed by atoms with Gasteiger partial charge in [-0.2, -0.15) is 0 Å². The number of halogens is 2. The Labute approximate surface area is 173 Å². The topological polar surface area (TPSA) is 129 Å². The number of fused-ring (bicyclic) bond motifs is 1. The largest absolute Gasteiger partial charge is 0.530 e. The van der Waals surface area contributed by atoms with Crippen LogP contribution in [0, 0.1) is 6.92 Å². The van der Waals surface area contributed by atoms with Crippen LogP contribution in [0.15, 0.2) is 34.0 Å². The molecule has 4 atom stereocenters. The maximum atomic E-state index is 15.2. The van der Waals surface area contributed by atoms with Gasteiger partial charge in [-0.05, 0) is 12.5 Å². The van der Waals surface area contributed by atoms with Crippen LogP contribution in [-0.4, -0.2) is 33.2 Å². The number of phosphoric acid groups is 1. The fourth-order valence-electron chi connectivity index (χ4n) is 3.22. The van der Waals surface area contributed by atoms with Crippen LogP contribution in [0.2, 0.25) is 5.02 Å². The third-order valence-corrected chi connectivity index (χ3v) is 6.25. The molecule has 3 heterocycles. The number of aryl methyl sites for hydroxylation is 1. The van der Waals surface area contributed by atoms with Crippen LogP contribution in [0.5, 0.6) is 5.75 Å². The molecule has 0 aliphatic carbocycles. The summed E-state index contributed by atoms with van der Waals surface area (Å²) < 4.78 is 49.4. The van der Waals surface area contributed by atoms with E-state index in [1.807, 2.05) is 4.98 Å². The summed E-state index contributed by atoms with van der Waals surface area (Å²) >= 11 is 5.69. The number of nitrogens with zero attached hydrogens (tertiary/aromatic N) is 1. The predicted octanol–water partition coefficient (Wildman–Crippen LogP) is 2.18. The summed E-state index contributed by atoms with van der Waals surface area (Å²) in [4.78, 5) is 25.3. The van der Waals surface area contributed by atoms with Crippen molar-refractivity contribution in [3.05, 3.63) is 61.4 Å². The van der Waals surface area contributed by atoms with Crippen molar-refractivity contribution in [2.45, 2.75) is 38.1 Å². The number of H-pyrrole nitrogens is 1. The lowest BCUT2D eigenvalue weighted by atomic mass is 10.1. The zero-order chi connectivity index (χ0) is 21.7. The Kier molecular flexibility index (Phi) is 5.38. The minimum absolute atomic E-state index is 0.0506. The normalized spacial score (nSPS) is 30.7. The number of aromatic nitrogens is 2. The molecule has 0 saturated carbocycles. The predicted molar refractivity (Wildman–Crippen MR) is 101 cm³/mol. The van der Waals surface area contributed by atoms with Gasteiger partial charge in [-0.1, -0.05) is 29.8 Å². The minimum Gasteiger partial charge on any atom is -0.403 e. The van der Waals surface area contributed by atoms with Gasteiger partial charge < -0.3 is 14.4 Å². The van der Waals surface area contributed by atoms with Crippen LogP contribution in [0.1, 0.15) is 23.8 Å².